The summed E-state index contributed by atoms with van der Waals surface area (Å²) in [7, 11) is 0. The zero-order valence-corrected chi connectivity index (χ0v) is 19.6. The fourth-order valence-electron chi connectivity index (χ4n) is 3.66. The van der Waals surface area contributed by atoms with Crippen LogP contribution in [0.3, 0.4) is 0 Å². The van der Waals surface area contributed by atoms with Crippen LogP contribution in [0, 0.1) is 11.8 Å². The number of imide groups is 1. The SMILES string of the molecule is CC(C)C(C(=O)C(F)(F)F)N1CCC[C@H]1C(=O)NC(=O)[C@@H](NC(=O)OC(C)(C)C)C(C)C. The third-order valence-corrected chi connectivity index (χ3v) is 5.00. The minimum absolute atomic E-state index is 0.126. The van der Waals surface area contributed by atoms with Crippen molar-refractivity contribution >= 4 is 23.7 Å². The monoisotopic (exact) mass is 465 g/mol. The molecule has 11 heteroatoms. The van der Waals surface area contributed by atoms with Gasteiger partial charge in [-0.05, 0) is 52.0 Å². The van der Waals surface area contributed by atoms with Crippen molar-refractivity contribution in [1.29, 1.82) is 0 Å². The molecule has 3 amide bonds. The molecule has 1 saturated heterocycles. The Balaban J connectivity index is 2.96. The van der Waals surface area contributed by atoms with Gasteiger partial charge < -0.3 is 10.1 Å². The van der Waals surface area contributed by atoms with Gasteiger partial charge in [-0.25, -0.2) is 4.79 Å². The lowest BCUT2D eigenvalue weighted by Gasteiger charge is -2.34. The molecule has 3 atom stereocenters. The molecule has 184 valence electrons. The van der Waals surface area contributed by atoms with Gasteiger partial charge >= 0.3 is 12.3 Å². The molecule has 1 aliphatic heterocycles. The summed E-state index contributed by atoms with van der Waals surface area (Å²) in [5.41, 5.74) is -0.793. The van der Waals surface area contributed by atoms with E-state index in [1.165, 1.54) is 18.7 Å². The second-order valence-corrected chi connectivity index (χ2v) is 9.67. The van der Waals surface area contributed by atoms with E-state index in [0.717, 1.165) is 0 Å². The van der Waals surface area contributed by atoms with Gasteiger partial charge in [0.05, 0.1) is 12.1 Å². The largest absolute Gasteiger partial charge is 0.451 e. The van der Waals surface area contributed by atoms with Gasteiger partial charge in [0.25, 0.3) is 5.78 Å². The molecule has 8 nitrogen and oxygen atoms in total. The predicted molar refractivity (Wildman–Crippen MR) is 111 cm³/mol. The molecule has 32 heavy (non-hydrogen) atoms. The van der Waals surface area contributed by atoms with Gasteiger partial charge in [0, 0.05) is 0 Å². The molecular formula is C21H34F3N3O5. The van der Waals surface area contributed by atoms with E-state index in [0.29, 0.717) is 6.42 Å². The molecule has 2 N–H and O–H groups in total. The van der Waals surface area contributed by atoms with E-state index in [9.17, 15) is 32.3 Å². The molecular weight excluding hydrogens is 431 g/mol. The molecule has 0 bridgehead atoms. The standard InChI is InChI=1S/C21H34F3N3O5/c1-11(2)14(25-19(31)32-20(5,6)7)18(30)26-17(29)13-9-8-10-27(13)15(12(3)4)16(28)21(22,23)24/h11-15H,8-10H2,1-7H3,(H,25,31)(H,26,29,30)/t13-,14-,15?/m0/s1. The molecule has 0 aromatic heterocycles. The summed E-state index contributed by atoms with van der Waals surface area (Å²) in [5.74, 6) is -4.60. The Bertz CT molecular complexity index is 716. The highest BCUT2D eigenvalue weighted by atomic mass is 19.4. The number of likely N-dealkylation sites (tertiary alicyclic amines) is 1. The minimum atomic E-state index is -5.03. The van der Waals surface area contributed by atoms with Crippen molar-refractivity contribution in [1.82, 2.24) is 15.5 Å². The molecule has 0 saturated carbocycles. The lowest BCUT2D eigenvalue weighted by molar-refractivity contribution is -0.179. The Morgan fingerprint density at radius 3 is 2.00 bits per heavy atom. The van der Waals surface area contributed by atoms with E-state index < -0.39 is 65.4 Å². The first-order valence-corrected chi connectivity index (χ1v) is 10.7. The zero-order valence-electron chi connectivity index (χ0n) is 19.6. The maximum Gasteiger partial charge on any atom is 0.451 e. The number of rotatable bonds is 7. The maximum absolute atomic E-state index is 13.1. The second-order valence-electron chi connectivity index (χ2n) is 9.67. The first kappa shape index (κ1) is 27.9. The highest BCUT2D eigenvalue weighted by molar-refractivity contribution is 6.01. The van der Waals surface area contributed by atoms with Crippen LogP contribution in [0.25, 0.3) is 0 Å². The van der Waals surface area contributed by atoms with E-state index in [2.05, 4.69) is 10.6 Å². The van der Waals surface area contributed by atoms with Gasteiger partial charge in [-0.15, -0.1) is 0 Å². The average molecular weight is 466 g/mol. The smallest absolute Gasteiger partial charge is 0.444 e. The van der Waals surface area contributed by atoms with E-state index in [1.807, 2.05) is 0 Å². The first-order valence-electron chi connectivity index (χ1n) is 10.7. The Labute approximate surface area is 186 Å². The molecule has 0 aliphatic carbocycles. The molecule has 0 spiro atoms. The van der Waals surface area contributed by atoms with E-state index >= 15 is 0 Å². The van der Waals surface area contributed by atoms with Crippen LogP contribution in [0.5, 0.6) is 0 Å². The summed E-state index contributed by atoms with van der Waals surface area (Å²) < 4.78 is 44.4. The molecule has 1 heterocycles. The number of carbonyl (C=O) groups is 4. The van der Waals surface area contributed by atoms with E-state index in [1.54, 1.807) is 34.6 Å². The fraction of sp³-hybridized carbons (Fsp3) is 0.810. The van der Waals surface area contributed by atoms with Crippen LogP contribution in [0.2, 0.25) is 0 Å². The summed E-state index contributed by atoms with van der Waals surface area (Å²) in [6, 6.07) is -3.68. The Morgan fingerprint density at radius 1 is 1.00 bits per heavy atom. The van der Waals surface area contributed by atoms with Crippen molar-refractivity contribution in [3.8, 4) is 0 Å². The summed E-state index contributed by atoms with van der Waals surface area (Å²) in [6.07, 6.45) is -5.25. The fourth-order valence-corrected chi connectivity index (χ4v) is 3.66. The van der Waals surface area contributed by atoms with Gasteiger partial charge in [-0.3, -0.25) is 24.6 Å². The van der Waals surface area contributed by atoms with Crippen LogP contribution in [-0.2, 0) is 19.1 Å². The first-order chi connectivity index (χ1) is 14.5. The lowest BCUT2D eigenvalue weighted by Crippen LogP contribution is -2.58. The highest BCUT2D eigenvalue weighted by Crippen LogP contribution is 2.30. The lowest BCUT2D eigenvalue weighted by atomic mass is 9.96. The molecule has 1 unspecified atom stereocenters. The molecule has 0 aromatic rings. The number of ether oxygens (including phenoxy) is 1. The van der Waals surface area contributed by atoms with Crippen LogP contribution in [-0.4, -0.2) is 65.0 Å². The normalized spacial score (nSPS) is 19.6. The second kappa shape index (κ2) is 10.6. The molecule has 0 aromatic carbocycles. The van der Waals surface area contributed by atoms with Gasteiger partial charge in [0.1, 0.15) is 11.6 Å². The highest BCUT2D eigenvalue weighted by Gasteiger charge is 2.50. The quantitative estimate of drug-likeness (QED) is 0.599. The Morgan fingerprint density at radius 2 is 1.56 bits per heavy atom. The number of hydrogen-bond donors (Lipinski definition) is 2. The number of Topliss-reactive ketones (excluding diaryl/α,β-unsaturated/α-hetero) is 1. The van der Waals surface area contributed by atoms with Crippen LogP contribution >= 0.6 is 0 Å². The average Bonchev–Trinajstić information content (AvgIpc) is 3.06. The third-order valence-electron chi connectivity index (χ3n) is 5.00. The van der Waals surface area contributed by atoms with Crippen molar-refractivity contribution in [2.45, 2.75) is 91.2 Å². The van der Waals surface area contributed by atoms with Crippen molar-refractivity contribution < 1.29 is 37.1 Å². The molecule has 1 rings (SSSR count). The number of nitrogens with zero attached hydrogens (tertiary/aromatic N) is 1. The molecule has 1 fully saturated rings. The number of alkyl carbamates (subject to hydrolysis) is 1. The Hall–Kier alpha value is -2.17. The Kier molecular flexibility index (Phi) is 9.26. The van der Waals surface area contributed by atoms with Crippen molar-refractivity contribution in [2.24, 2.45) is 11.8 Å². The zero-order chi connectivity index (χ0) is 25.0. The van der Waals surface area contributed by atoms with Crippen molar-refractivity contribution in [3.05, 3.63) is 0 Å². The number of hydrogen-bond acceptors (Lipinski definition) is 6. The number of halogens is 3. The molecule has 0 radical (unpaired) electrons. The third kappa shape index (κ3) is 7.75. The maximum atomic E-state index is 13.1. The van der Waals surface area contributed by atoms with Crippen LogP contribution in [0.4, 0.5) is 18.0 Å². The van der Waals surface area contributed by atoms with E-state index in [4.69, 9.17) is 4.74 Å². The van der Waals surface area contributed by atoms with Crippen molar-refractivity contribution in [2.75, 3.05) is 6.54 Å². The van der Waals surface area contributed by atoms with Crippen LogP contribution < -0.4 is 10.6 Å². The van der Waals surface area contributed by atoms with Gasteiger partial charge in [-0.2, -0.15) is 13.2 Å². The van der Waals surface area contributed by atoms with Gasteiger partial charge in [-0.1, -0.05) is 27.7 Å². The van der Waals surface area contributed by atoms with Gasteiger partial charge in [0.15, 0.2) is 0 Å². The van der Waals surface area contributed by atoms with Crippen LogP contribution in [0.15, 0.2) is 0 Å². The predicted octanol–water partition coefficient (Wildman–Crippen LogP) is 2.80. The number of carbonyl (C=O) groups excluding carboxylic acids is 4. The number of nitrogens with one attached hydrogen (secondary N) is 2. The molecule has 1 aliphatic rings. The summed E-state index contributed by atoms with van der Waals surface area (Å²) in [6.45, 7) is 11.4. The summed E-state index contributed by atoms with van der Waals surface area (Å²) in [4.78, 5) is 50.7. The van der Waals surface area contributed by atoms with Gasteiger partial charge in [0.2, 0.25) is 11.8 Å². The summed E-state index contributed by atoms with van der Waals surface area (Å²) in [5, 5.41) is 4.61. The van der Waals surface area contributed by atoms with E-state index in [-0.39, 0.29) is 13.0 Å². The number of alkyl halides is 3. The topological polar surface area (TPSA) is 105 Å². The number of amides is 3. The number of ketones is 1. The van der Waals surface area contributed by atoms with Crippen LogP contribution in [0.1, 0.15) is 61.3 Å². The summed E-state index contributed by atoms with van der Waals surface area (Å²) >= 11 is 0. The van der Waals surface area contributed by atoms with Crippen molar-refractivity contribution in [3.63, 3.8) is 0 Å². The minimum Gasteiger partial charge on any atom is -0.444 e.